The van der Waals surface area contributed by atoms with E-state index in [1.54, 1.807) is 38.5 Å². The minimum Gasteiger partial charge on any atom is -0.493 e. The number of hydrogen-bond donors (Lipinski definition) is 1. The highest BCUT2D eigenvalue weighted by Crippen LogP contribution is 2.29. The number of nitrogens with zero attached hydrogens (tertiary/aromatic N) is 2. The van der Waals surface area contributed by atoms with Crippen LogP contribution in [0.5, 0.6) is 11.5 Å². The standard InChI is InChI=1S/C21H21N3O5S2/c1-27-16-9-6-14(10-17(16)28-2)11-18(25)22-20-23-24-21(31-20)30-12-13-4-7-15(8-5-13)19(26)29-3/h4-10H,11-12H2,1-3H3,(H,22,23,25). The molecular formula is C21H21N3O5S2. The Morgan fingerprint density at radius 2 is 1.68 bits per heavy atom. The fraction of sp³-hybridized carbons (Fsp3) is 0.238. The van der Waals surface area contributed by atoms with Crippen LogP contribution in [0.1, 0.15) is 21.5 Å². The van der Waals surface area contributed by atoms with Gasteiger partial charge in [0.15, 0.2) is 15.8 Å². The minimum atomic E-state index is -0.364. The number of aromatic nitrogens is 2. The van der Waals surface area contributed by atoms with Crippen molar-refractivity contribution < 1.29 is 23.8 Å². The van der Waals surface area contributed by atoms with Gasteiger partial charge >= 0.3 is 5.97 Å². The van der Waals surface area contributed by atoms with E-state index < -0.39 is 0 Å². The Morgan fingerprint density at radius 3 is 2.35 bits per heavy atom. The van der Waals surface area contributed by atoms with Crippen LogP contribution in [0.2, 0.25) is 0 Å². The monoisotopic (exact) mass is 459 g/mol. The van der Waals surface area contributed by atoms with Crippen LogP contribution in [0.15, 0.2) is 46.8 Å². The van der Waals surface area contributed by atoms with Gasteiger partial charge in [-0.1, -0.05) is 41.3 Å². The van der Waals surface area contributed by atoms with Crippen molar-refractivity contribution in [1.82, 2.24) is 10.2 Å². The van der Waals surface area contributed by atoms with E-state index in [-0.39, 0.29) is 18.3 Å². The molecule has 2 aromatic carbocycles. The average Bonchev–Trinajstić information content (AvgIpc) is 3.24. The number of thioether (sulfide) groups is 1. The summed E-state index contributed by atoms with van der Waals surface area (Å²) in [5.74, 6) is 1.28. The molecule has 0 radical (unpaired) electrons. The molecule has 1 amide bonds. The molecule has 8 nitrogen and oxygen atoms in total. The highest BCUT2D eigenvalue weighted by Gasteiger charge is 2.12. The smallest absolute Gasteiger partial charge is 0.337 e. The van der Waals surface area contributed by atoms with Crippen LogP contribution in [-0.4, -0.2) is 43.4 Å². The number of carbonyl (C=O) groups excluding carboxylic acids is 2. The number of benzene rings is 2. The number of carbonyl (C=O) groups is 2. The third-order valence-corrected chi connectivity index (χ3v) is 6.25. The molecule has 0 spiro atoms. The zero-order valence-electron chi connectivity index (χ0n) is 17.2. The van der Waals surface area contributed by atoms with Crippen LogP contribution in [0, 0.1) is 0 Å². The molecule has 0 saturated heterocycles. The summed E-state index contributed by atoms with van der Waals surface area (Å²) in [7, 11) is 4.47. The van der Waals surface area contributed by atoms with E-state index in [0.717, 1.165) is 15.5 Å². The lowest BCUT2D eigenvalue weighted by atomic mass is 10.1. The predicted octanol–water partition coefficient (Wildman–Crippen LogP) is 3.82. The minimum absolute atomic E-state index is 0.176. The molecule has 10 heteroatoms. The molecule has 1 aromatic heterocycles. The fourth-order valence-electron chi connectivity index (χ4n) is 2.66. The summed E-state index contributed by atoms with van der Waals surface area (Å²) in [4.78, 5) is 23.8. The molecule has 31 heavy (non-hydrogen) atoms. The van der Waals surface area contributed by atoms with Gasteiger partial charge in [-0.15, -0.1) is 10.2 Å². The van der Waals surface area contributed by atoms with Gasteiger partial charge in [-0.25, -0.2) is 4.79 Å². The summed E-state index contributed by atoms with van der Waals surface area (Å²) in [6.45, 7) is 0. The number of rotatable bonds is 9. The third kappa shape index (κ3) is 6.19. The Bertz CT molecular complexity index is 1050. The van der Waals surface area contributed by atoms with Gasteiger partial charge in [-0.2, -0.15) is 0 Å². The average molecular weight is 460 g/mol. The van der Waals surface area contributed by atoms with E-state index in [0.29, 0.717) is 27.9 Å². The van der Waals surface area contributed by atoms with Crippen LogP contribution >= 0.6 is 23.1 Å². The van der Waals surface area contributed by atoms with Gasteiger partial charge < -0.3 is 19.5 Å². The lowest BCUT2D eigenvalue weighted by Gasteiger charge is -2.09. The molecule has 0 aliphatic carbocycles. The van der Waals surface area contributed by atoms with E-state index in [1.165, 1.54) is 30.2 Å². The van der Waals surface area contributed by atoms with Gasteiger partial charge in [0.1, 0.15) is 0 Å². The van der Waals surface area contributed by atoms with Crippen molar-refractivity contribution in [2.75, 3.05) is 26.6 Å². The summed E-state index contributed by atoms with van der Waals surface area (Å²) in [5, 5.41) is 11.3. The second-order valence-corrected chi connectivity index (χ2v) is 8.46. The first kappa shape index (κ1) is 22.6. The molecule has 0 fully saturated rings. The molecule has 162 valence electrons. The molecule has 3 aromatic rings. The summed E-state index contributed by atoms with van der Waals surface area (Å²) in [6.07, 6.45) is 0.176. The van der Waals surface area contributed by atoms with E-state index in [2.05, 4.69) is 15.5 Å². The number of nitrogens with one attached hydrogen (secondary N) is 1. The van der Waals surface area contributed by atoms with E-state index in [9.17, 15) is 9.59 Å². The SMILES string of the molecule is COC(=O)c1ccc(CSc2nnc(NC(=O)Cc3ccc(OC)c(OC)c3)s2)cc1. The van der Waals surface area contributed by atoms with Crippen molar-refractivity contribution in [2.24, 2.45) is 0 Å². The second kappa shape index (κ2) is 10.8. The predicted molar refractivity (Wildman–Crippen MR) is 119 cm³/mol. The molecule has 0 aliphatic heterocycles. The van der Waals surface area contributed by atoms with Crippen molar-refractivity contribution in [1.29, 1.82) is 0 Å². The topological polar surface area (TPSA) is 99.6 Å². The van der Waals surface area contributed by atoms with Gasteiger partial charge in [0, 0.05) is 5.75 Å². The van der Waals surface area contributed by atoms with Crippen LogP contribution in [0.4, 0.5) is 5.13 Å². The van der Waals surface area contributed by atoms with E-state index in [1.807, 2.05) is 18.2 Å². The Hall–Kier alpha value is -3.11. The number of hydrogen-bond acceptors (Lipinski definition) is 9. The molecule has 1 N–H and O–H groups in total. The molecule has 1 heterocycles. The molecule has 0 saturated carbocycles. The summed E-state index contributed by atoms with van der Waals surface area (Å²) < 4.78 is 15.9. The molecule has 0 atom stereocenters. The van der Waals surface area contributed by atoms with Crippen LogP contribution in [-0.2, 0) is 21.7 Å². The Balaban J connectivity index is 1.52. The van der Waals surface area contributed by atoms with Gasteiger partial charge in [-0.05, 0) is 35.4 Å². The zero-order chi connectivity index (χ0) is 22.2. The first-order chi connectivity index (χ1) is 15.0. The summed E-state index contributed by atoms with van der Waals surface area (Å²) >= 11 is 2.81. The van der Waals surface area contributed by atoms with E-state index in [4.69, 9.17) is 14.2 Å². The molecule has 0 bridgehead atoms. The van der Waals surface area contributed by atoms with Crippen molar-refractivity contribution in [3.05, 3.63) is 59.2 Å². The largest absolute Gasteiger partial charge is 0.493 e. The van der Waals surface area contributed by atoms with Gasteiger partial charge in [0.25, 0.3) is 0 Å². The van der Waals surface area contributed by atoms with Gasteiger partial charge in [0.05, 0.1) is 33.3 Å². The Kier molecular flexibility index (Phi) is 7.85. The maximum atomic E-state index is 12.3. The van der Waals surface area contributed by atoms with Crippen molar-refractivity contribution in [3.8, 4) is 11.5 Å². The molecule has 0 aliphatic rings. The lowest BCUT2D eigenvalue weighted by Crippen LogP contribution is -2.14. The van der Waals surface area contributed by atoms with Crippen LogP contribution < -0.4 is 14.8 Å². The highest BCUT2D eigenvalue weighted by molar-refractivity contribution is 8.00. The Morgan fingerprint density at radius 1 is 0.968 bits per heavy atom. The number of amides is 1. The first-order valence-electron chi connectivity index (χ1n) is 9.16. The quantitative estimate of drug-likeness (QED) is 0.293. The van der Waals surface area contributed by atoms with Gasteiger partial charge in [-0.3, -0.25) is 4.79 Å². The van der Waals surface area contributed by atoms with Crippen molar-refractivity contribution >= 4 is 40.1 Å². The van der Waals surface area contributed by atoms with Crippen LogP contribution in [0.3, 0.4) is 0 Å². The second-order valence-electron chi connectivity index (χ2n) is 6.26. The number of ether oxygens (including phenoxy) is 3. The van der Waals surface area contributed by atoms with Gasteiger partial charge in [0.2, 0.25) is 11.0 Å². The Labute approximate surface area is 187 Å². The van der Waals surface area contributed by atoms with Crippen LogP contribution in [0.25, 0.3) is 0 Å². The zero-order valence-corrected chi connectivity index (χ0v) is 18.8. The molecule has 0 unspecified atom stereocenters. The normalized spacial score (nSPS) is 10.4. The maximum Gasteiger partial charge on any atom is 0.337 e. The number of anilines is 1. The third-order valence-electron chi connectivity index (χ3n) is 4.20. The summed E-state index contributed by atoms with van der Waals surface area (Å²) in [5.41, 5.74) is 2.34. The highest BCUT2D eigenvalue weighted by atomic mass is 32.2. The fourth-order valence-corrected chi connectivity index (χ4v) is 4.38. The van der Waals surface area contributed by atoms with E-state index >= 15 is 0 Å². The maximum absolute atomic E-state index is 12.3. The lowest BCUT2D eigenvalue weighted by molar-refractivity contribution is -0.115. The first-order valence-corrected chi connectivity index (χ1v) is 11.0. The summed E-state index contributed by atoms with van der Waals surface area (Å²) in [6, 6.07) is 12.5. The van der Waals surface area contributed by atoms with Crippen molar-refractivity contribution in [3.63, 3.8) is 0 Å². The van der Waals surface area contributed by atoms with Crippen molar-refractivity contribution in [2.45, 2.75) is 16.5 Å². The molecule has 3 rings (SSSR count). The number of esters is 1. The number of methoxy groups -OCH3 is 3. The molecular weight excluding hydrogens is 438 g/mol.